The molecule has 0 saturated heterocycles. The predicted octanol–water partition coefficient (Wildman–Crippen LogP) is 9.85. The second kappa shape index (κ2) is 30.6. The molecule has 0 rings (SSSR count). The first kappa shape index (κ1) is 45.5. The number of carbonyl (C=O) groups is 1. The minimum absolute atomic E-state index is 0.0776. The van der Waals surface area contributed by atoms with Gasteiger partial charge in [-0.25, -0.2) is 4.57 Å². The van der Waals surface area contributed by atoms with Gasteiger partial charge in [-0.05, 0) is 12.8 Å². The van der Waals surface area contributed by atoms with Crippen LogP contribution in [0.4, 0.5) is 0 Å². The van der Waals surface area contributed by atoms with Crippen molar-refractivity contribution in [2.75, 3.05) is 40.9 Å². The van der Waals surface area contributed by atoms with Crippen LogP contribution in [0, 0.1) is 0 Å². The Balaban J connectivity index is 4.25. The lowest BCUT2D eigenvalue weighted by atomic mass is 10.0. The fraction of sp³-hybridized carbons (Fsp3) is 0.973. The van der Waals surface area contributed by atoms with Gasteiger partial charge in [-0.2, -0.15) is 0 Å². The fourth-order valence-electron chi connectivity index (χ4n) is 5.69. The van der Waals surface area contributed by atoms with Crippen molar-refractivity contribution in [2.24, 2.45) is 0 Å². The van der Waals surface area contributed by atoms with E-state index in [1.54, 1.807) is 0 Å². The van der Waals surface area contributed by atoms with E-state index in [1.165, 1.54) is 116 Å². The van der Waals surface area contributed by atoms with Crippen LogP contribution >= 0.6 is 7.82 Å². The molecule has 0 saturated carbocycles. The standard InChI is InChI=1S/C37H77N2O6P/c1-6-8-10-12-14-15-16-17-18-19-20-21-22-23-24-25-26-28-30-36(40)35(38-37(41)31-29-27-13-11-9-7-2)34-45-46(42,43)44-33-32-39(3,4)5/h35-36,40H,6-34H2,1-5H3,(H-,38,41,42,43)/p+1. The zero-order valence-corrected chi connectivity index (χ0v) is 32.0. The number of carbonyl (C=O) groups excluding carboxylic acids is 1. The lowest BCUT2D eigenvalue weighted by molar-refractivity contribution is -0.870. The lowest BCUT2D eigenvalue weighted by Crippen LogP contribution is -2.46. The fourth-order valence-corrected chi connectivity index (χ4v) is 6.43. The van der Waals surface area contributed by atoms with Gasteiger partial charge in [0.15, 0.2) is 0 Å². The Morgan fingerprint density at radius 3 is 1.46 bits per heavy atom. The molecule has 0 spiro atoms. The summed E-state index contributed by atoms with van der Waals surface area (Å²) < 4.78 is 23.4. The molecule has 1 amide bonds. The van der Waals surface area contributed by atoms with Gasteiger partial charge in [0.2, 0.25) is 5.91 Å². The van der Waals surface area contributed by atoms with Gasteiger partial charge >= 0.3 is 7.82 Å². The van der Waals surface area contributed by atoms with Crippen molar-refractivity contribution in [1.29, 1.82) is 0 Å². The van der Waals surface area contributed by atoms with Crippen molar-refractivity contribution in [1.82, 2.24) is 5.32 Å². The summed E-state index contributed by atoms with van der Waals surface area (Å²) in [5.74, 6) is -0.153. The molecule has 8 nitrogen and oxygen atoms in total. The maximum absolute atomic E-state index is 12.7. The summed E-state index contributed by atoms with van der Waals surface area (Å²) in [5.41, 5.74) is 0. The number of nitrogens with one attached hydrogen (secondary N) is 1. The highest BCUT2D eigenvalue weighted by Gasteiger charge is 2.28. The third-order valence-electron chi connectivity index (χ3n) is 8.86. The molecule has 0 fully saturated rings. The summed E-state index contributed by atoms with van der Waals surface area (Å²) in [6.45, 7) is 4.82. The number of likely N-dealkylation sites (N-methyl/N-ethyl adjacent to an activating group) is 1. The van der Waals surface area contributed by atoms with Crippen LogP contribution in [-0.2, 0) is 18.4 Å². The molecule has 3 atom stereocenters. The zero-order valence-electron chi connectivity index (χ0n) is 31.1. The summed E-state index contributed by atoms with van der Waals surface area (Å²) in [6, 6.07) is -0.749. The first-order valence-electron chi connectivity index (χ1n) is 19.4. The summed E-state index contributed by atoms with van der Waals surface area (Å²) in [6.07, 6.45) is 30.0. The van der Waals surface area contributed by atoms with E-state index in [-0.39, 0.29) is 19.1 Å². The molecule has 3 unspecified atom stereocenters. The molecule has 0 aromatic heterocycles. The molecule has 0 aliphatic carbocycles. The van der Waals surface area contributed by atoms with Crippen LogP contribution in [-0.4, -0.2) is 73.4 Å². The molecular formula is C37H78N2O6P+. The molecule has 0 aromatic carbocycles. The highest BCUT2D eigenvalue weighted by molar-refractivity contribution is 7.47. The highest BCUT2D eigenvalue weighted by Crippen LogP contribution is 2.43. The van der Waals surface area contributed by atoms with Crippen molar-refractivity contribution in [3.8, 4) is 0 Å². The Kier molecular flexibility index (Phi) is 30.2. The smallest absolute Gasteiger partial charge is 0.391 e. The minimum atomic E-state index is -4.29. The van der Waals surface area contributed by atoms with Gasteiger partial charge in [0.1, 0.15) is 13.2 Å². The Labute approximate surface area is 285 Å². The molecule has 0 heterocycles. The highest BCUT2D eigenvalue weighted by atomic mass is 31.2. The number of amides is 1. The third kappa shape index (κ3) is 32.1. The van der Waals surface area contributed by atoms with Gasteiger partial charge in [-0.1, -0.05) is 162 Å². The van der Waals surface area contributed by atoms with Crippen LogP contribution in [0.15, 0.2) is 0 Å². The molecule has 46 heavy (non-hydrogen) atoms. The van der Waals surface area contributed by atoms with Gasteiger partial charge in [-0.3, -0.25) is 13.8 Å². The number of rotatable bonds is 35. The van der Waals surface area contributed by atoms with E-state index >= 15 is 0 Å². The van der Waals surface area contributed by atoms with Crippen molar-refractivity contribution in [3.63, 3.8) is 0 Å². The number of hydrogen-bond acceptors (Lipinski definition) is 5. The lowest BCUT2D eigenvalue weighted by Gasteiger charge is -2.26. The van der Waals surface area contributed by atoms with Crippen LogP contribution in [0.5, 0.6) is 0 Å². The molecular weight excluding hydrogens is 599 g/mol. The number of aliphatic hydroxyl groups is 1. The molecule has 276 valence electrons. The molecule has 0 aromatic rings. The topological polar surface area (TPSA) is 105 Å². The molecule has 3 N–H and O–H groups in total. The monoisotopic (exact) mass is 678 g/mol. The van der Waals surface area contributed by atoms with Crippen molar-refractivity contribution in [2.45, 2.75) is 193 Å². The van der Waals surface area contributed by atoms with E-state index in [0.29, 0.717) is 23.9 Å². The SMILES string of the molecule is CCCCCCCCCCCCCCCCCCCCC(O)C(COP(=O)(O)OCC[N+](C)(C)C)NC(=O)CCCCCCCC. The number of nitrogens with zero attached hydrogens (tertiary/aromatic N) is 1. The van der Waals surface area contributed by atoms with E-state index in [0.717, 1.165) is 38.5 Å². The molecule has 0 aliphatic rings. The van der Waals surface area contributed by atoms with Crippen molar-refractivity contribution in [3.05, 3.63) is 0 Å². The van der Waals surface area contributed by atoms with E-state index < -0.39 is 20.0 Å². The molecule has 0 aliphatic heterocycles. The molecule has 9 heteroatoms. The Morgan fingerprint density at radius 2 is 1.04 bits per heavy atom. The van der Waals surface area contributed by atoms with Crippen LogP contribution in [0.2, 0.25) is 0 Å². The van der Waals surface area contributed by atoms with Crippen LogP contribution < -0.4 is 5.32 Å². The van der Waals surface area contributed by atoms with Crippen LogP contribution in [0.1, 0.15) is 181 Å². The van der Waals surface area contributed by atoms with Crippen molar-refractivity contribution < 1.29 is 32.9 Å². The average molecular weight is 678 g/mol. The van der Waals surface area contributed by atoms with E-state index in [4.69, 9.17) is 9.05 Å². The largest absolute Gasteiger partial charge is 0.472 e. The number of phosphoric ester groups is 1. The van der Waals surface area contributed by atoms with Gasteiger partial charge in [-0.15, -0.1) is 0 Å². The molecule has 0 bridgehead atoms. The van der Waals surface area contributed by atoms with E-state index in [1.807, 2.05) is 21.1 Å². The normalized spacial score (nSPS) is 14.7. The number of unbranched alkanes of at least 4 members (excludes halogenated alkanes) is 22. The van der Waals surface area contributed by atoms with Crippen molar-refractivity contribution >= 4 is 13.7 Å². The van der Waals surface area contributed by atoms with Crippen LogP contribution in [0.25, 0.3) is 0 Å². The quantitative estimate of drug-likeness (QED) is 0.0350. The zero-order chi connectivity index (χ0) is 34.4. The summed E-state index contributed by atoms with van der Waals surface area (Å²) >= 11 is 0. The number of phosphoric acid groups is 1. The van der Waals surface area contributed by atoms with Crippen LogP contribution in [0.3, 0.4) is 0 Å². The first-order valence-corrected chi connectivity index (χ1v) is 20.9. The number of aliphatic hydroxyl groups excluding tert-OH is 1. The summed E-state index contributed by atoms with van der Waals surface area (Å²) in [5, 5.41) is 13.8. The Bertz CT molecular complexity index is 733. The van der Waals surface area contributed by atoms with E-state index in [9.17, 15) is 19.4 Å². The minimum Gasteiger partial charge on any atom is -0.391 e. The number of hydrogen-bond donors (Lipinski definition) is 3. The van der Waals surface area contributed by atoms with Gasteiger partial charge in [0.05, 0.1) is 39.9 Å². The van der Waals surface area contributed by atoms with Gasteiger partial charge in [0, 0.05) is 6.42 Å². The molecule has 0 radical (unpaired) electrons. The second-order valence-electron chi connectivity index (χ2n) is 14.7. The third-order valence-corrected chi connectivity index (χ3v) is 9.84. The Morgan fingerprint density at radius 1 is 0.652 bits per heavy atom. The van der Waals surface area contributed by atoms with Gasteiger partial charge in [0.25, 0.3) is 0 Å². The predicted molar refractivity (Wildman–Crippen MR) is 194 cm³/mol. The Hall–Kier alpha value is -0.500. The van der Waals surface area contributed by atoms with Gasteiger partial charge < -0.3 is 19.8 Å². The maximum atomic E-state index is 12.7. The first-order chi connectivity index (χ1) is 22.0. The maximum Gasteiger partial charge on any atom is 0.472 e. The van der Waals surface area contributed by atoms with E-state index in [2.05, 4.69) is 19.2 Å². The second-order valence-corrected chi connectivity index (χ2v) is 16.1. The summed E-state index contributed by atoms with van der Waals surface area (Å²) in [4.78, 5) is 22.8. The summed E-state index contributed by atoms with van der Waals surface area (Å²) in [7, 11) is 1.62. The average Bonchev–Trinajstić information content (AvgIpc) is 2.99. The number of quaternary nitrogens is 1.